The molecule has 0 saturated carbocycles. The molecule has 0 aromatic carbocycles. The molecule has 2 N–H and O–H groups in total. The third kappa shape index (κ3) is 2.59. The number of likely N-dealkylation sites (N-methyl/N-ethyl adjacent to an activating group) is 1. The number of imide groups is 1. The van der Waals surface area contributed by atoms with Crippen molar-refractivity contribution in [1.82, 2.24) is 14.7 Å². The second-order valence-corrected chi connectivity index (χ2v) is 5.11. The fraction of sp³-hybridized carbons (Fsp3) is 0.455. The number of carbonyl (C=O) groups excluding carboxylic acids is 2. The van der Waals surface area contributed by atoms with Gasteiger partial charge >= 0.3 is 0 Å². The number of halogens is 1. The van der Waals surface area contributed by atoms with Crippen LogP contribution in [0, 0.1) is 0 Å². The standard InChI is InChI=1S/C11H13BrN4O4/c1-15-8(18)4-6(10(15)19)14-7-5-13-16(2-3-17)11(20)9(7)12/h5-6,14,17H,2-4H2,1H3. The quantitative estimate of drug-likeness (QED) is 0.690. The number of likely N-dealkylation sites (tertiary alicyclic amines) is 1. The molecule has 9 heteroatoms. The van der Waals surface area contributed by atoms with Crippen LogP contribution in [0.3, 0.4) is 0 Å². The molecule has 1 aromatic rings. The van der Waals surface area contributed by atoms with Crippen LogP contribution in [0.2, 0.25) is 0 Å². The Bertz CT molecular complexity index is 615. The Labute approximate surface area is 122 Å². The van der Waals surface area contributed by atoms with Crippen molar-refractivity contribution in [2.45, 2.75) is 19.0 Å². The summed E-state index contributed by atoms with van der Waals surface area (Å²) in [6.45, 7) is -0.117. The predicted octanol–water partition coefficient (Wildman–Crippen LogP) is -0.833. The van der Waals surface area contributed by atoms with Gasteiger partial charge in [0.2, 0.25) is 5.91 Å². The van der Waals surface area contributed by atoms with E-state index in [9.17, 15) is 14.4 Å². The Kier molecular flexibility index (Phi) is 4.19. The number of aliphatic hydroxyl groups is 1. The number of nitrogens with zero attached hydrogens (tertiary/aromatic N) is 3. The van der Waals surface area contributed by atoms with E-state index in [1.807, 2.05) is 0 Å². The molecule has 1 aliphatic rings. The Hall–Kier alpha value is -1.74. The first-order valence-corrected chi connectivity index (χ1v) is 6.68. The molecular formula is C11H13BrN4O4. The van der Waals surface area contributed by atoms with Gasteiger partial charge in [0, 0.05) is 7.05 Å². The molecule has 2 heterocycles. The van der Waals surface area contributed by atoms with E-state index in [-0.39, 0.29) is 35.9 Å². The Morgan fingerprint density at radius 2 is 2.20 bits per heavy atom. The molecule has 2 amide bonds. The van der Waals surface area contributed by atoms with E-state index in [4.69, 9.17) is 5.11 Å². The molecule has 0 aliphatic carbocycles. The van der Waals surface area contributed by atoms with Gasteiger partial charge in [0.05, 0.1) is 31.5 Å². The number of hydrogen-bond donors (Lipinski definition) is 2. The van der Waals surface area contributed by atoms with Crippen molar-refractivity contribution in [2.24, 2.45) is 0 Å². The summed E-state index contributed by atoms with van der Waals surface area (Å²) in [4.78, 5) is 36.1. The van der Waals surface area contributed by atoms with E-state index < -0.39 is 11.6 Å². The third-order valence-corrected chi connectivity index (χ3v) is 3.77. The number of anilines is 1. The van der Waals surface area contributed by atoms with Crippen LogP contribution < -0.4 is 10.9 Å². The topological polar surface area (TPSA) is 105 Å². The van der Waals surface area contributed by atoms with Gasteiger partial charge < -0.3 is 10.4 Å². The van der Waals surface area contributed by atoms with Crippen molar-refractivity contribution in [1.29, 1.82) is 0 Å². The molecule has 1 atom stereocenters. The van der Waals surface area contributed by atoms with Gasteiger partial charge in [-0.25, -0.2) is 4.68 Å². The smallest absolute Gasteiger partial charge is 0.283 e. The lowest BCUT2D eigenvalue weighted by molar-refractivity contribution is -0.136. The highest BCUT2D eigenvalue weighted by Gasteiger charge is 2.36. The van der Waals surface area contributed by atoms with Crippen LogP contribution in [0.1, 0.15) is 6.42 Å². The predicted molar refractivity (Wildman–Crippen MR) is 73.1 cm³/mol. The summed E-state index contributed by atoms with van der Waals surface area (Å²) in [6, 6.07) is -0.696. The highest BCUT2D eigenvalue weighted by Crippen LogP contribution is 2.21. The van der Waals surface area contributed by atoms with Crippen molar-refractivity contribution in [3.8, 4) is 0 Å². The van der Waals surface area contributed by atoms with Crippen molar-refractivity contribution in [3.05, 3.63) is 21.0 Å². The van der Waals surface area contributed by atoms with E-state index in [1.54, 1.807) is 0 Å². The van der Waals surface area contributed by atoms with Crippen LogP contribution in [0.5, 0.6) is 0 Å². The average Bonchev–Trinajstić information content (AvgIpc) is 2.66. The largest absolute Gasteiger partial charge is 0.394 e. The van der Waals surface area contributed by atoms with Crippen molar-refractivity contribution in [2.75, 3.05) is 19.0 Å². The summed E-state index contributed by atoms with van der Waals surface area (Å²) in [5.74, 6) is -0.619. The number of carbonyl (C=O) groups is 2. The SMILES string of the molecule is CN1C(=O)CC(Nc2cnn(CCO)c(=O)c2Br)C1=O. The fourth-order valence-corrected chi connectivity index (χ4v) is 2.30. The first kappa shape index (κ1) is 14.7. The van der Waals surface area contributed by atoms with Gasteiger partial charge in [0.1, 0.15) is 10.5 Å². The number of amides is 2. The van der Waals surface area contributed by atoms with Gasteiger partial charge in [-0.1, -0.05) is 0 Å². The van der Waals surface area contributed by atoms with Crippen LogP contribution in [-0.4, -0.2) is 51.3 Å². The Morgan fingerprint density at radius 1 is 1.50 bits per heavy atom. The third-order valence-electron chi connectivity index (χ3n) is 3.01. The van der Waals surface area contributed by atoms with Gasteiger partial charge in [-0.3, -0.25) is 19.3 Å². The first-order chi connectivity index (χ1) is 9.45. The summed E-state index contributed by atoms with van der Waals surface area (Å²) in [6.07, 6.45) is 1.42. The van der Waals surface area contributed by atoms with Crippen molar-refractivity contribution in [3.63, 3.8) is 0 Å². The van der Waals surface area contributed by atoms with Gasteiger partial charge in [-0.15, -0.1) is 0 Å². The second kappa shape index (κ2) is 5.71. The monoisotopic (exact) mass is 344 g/mol. The maximum atomic E-state index is 11.9. The van der Waals surface area contributed by atoms with Crippen molar-refractivity contribution < 1.29 is 14.7 Å². The molecule has 0 bridgehead atoms. The van der Waals surface area contributed by atoms with Crippen LogP contribution in [0.4, 0.5) is 5.69 Å². The molecule has 8 nitrogen and oxygen atoms in total. The molecule has 1 aromatic heterocycles. The molecule has 0 radical (unpaired) electrons. The molecule has 2 rings (SSSR count). The van der Waals surface area contributed by atoms with E-state index in [0.717, 1.165) is 9.58 Å². The minimum atomic E-state index is -0.696. The fourth-order valence-electron chi connectivity index (χ4n) is 1.88. The highest BCUT2D eigenvalue weighted by molar-refractivity contribution is 9.10. The minimum Gasteiger partial charge on any atom is -0.394 e. The summed E-state index contributed by atoms with van der Waals surface area (Å²) in [7, 11) is 1.42. The molecule has 1 aliphatic heterocycles. The molecule has 0 spiro atoms. The number of aliphatic hydroxyl groups excluding tert-OH is 1. The zero-order chi connectivity index (χ0) is 14.9. The number of rotatable bonds is 4. The Morgan fingerprint density at radius 3 is 2.75 bits per heavy atom. The average molecular weight is 345 g/mol. The molecule has 1 fully saturated rings. The molecule has 1 saturated heterocycles. The minimum absolute atomic E-state index is 0.0432. The highest BCUT2D eigenvalue weighted by atomic mass is 79.9. The van der Waals surface area contributed by atoms with Gasteiger partial charge in [-0.05, 0) is 15.9 Å². The Balaban J connectivity index is 2.23. The molecule has 108 valence electrons. The van der Waals surface area contributed by atoms with E-state index >= 15 is 0 Å². The first-order valence-electron chi connectivity index (χ1n) is 5.89. The number of nitrogens with one attached hydrogen (secondary N) is 1. The maximum absolute atomic E-state index is 11.9. The van der Waals surface area contributed by atoms with E-state index in [0.29, 0.717) is 5.69 Å². The lowest BCUT2D eigenvalue weighted by Gasteiger charge is -2.14. The van der Waals surface area contributed by atoms with E-state index in [1.165, 1.54) is 13.2 Å². The summed E-state index contributed by atoms with van der Waals surface area (Å²) in [5.41, 5.74) is -0.0835. The van der Waals surface area contributed by atoms with E-state index in [2.05, 4.69) is 26.3 Å². The normalized spacial score (nSPS) is 18.8. The molecular weight excluding hydrogens is 332 g/mol. The lowest BCUT2D eigenvalue weighted by Crippen LogP contribution is -2.33. The summed E-state index contributed by atoms with van der Waals surface area (Å²) in [5, 5.41) is 15.5. The van der Waals surface area contributed by atoms with Crippen LogP contribution >= 0.6 is 15.9 Å². The van der Waals surface area contributed by atoms with Gasteiger partial charge in [0.25, 0.3) is 11.5 Å². The van der Waals surface area contributed by atoms with Crippen molar-refractivity contribution >= 4 is 33.4 Å². The maximum Gasteiger partial charge on any atom is 0.283 e. The molecule has 20 heavy (non-hydrogen) atoms. The van der Waals surface area contributed by atoms with Crippen LogP contribution in [-0.2, 0) is 16.1 Å². The number of hydrogen-bond acceptors (Lipinski definition) is 6. The number of aromatic nitrogens is 2. The second-order valence-electron chi connectivity index (χ2n) is 4.32. The lowest BCUT2D eigenvalue weighted by atomic mass is 10.2. The summed E-state index contributed by atoms with van der Waals surface area (Å²) < 4.78 is 1.30. The van der Waals surface area contributed by atoms with Gasteiger partial charge in [0.15, 0.2) is 0 Å². The zero-order valence-corrected chi connectivity index (χ0v) is 12.3. The van der Waals surface area contributed by atoms with Gasteiger partial charge in [-0.2, -0.15) is 5.10 Å². The van der Waals surface area contributed by atoms with Crippen LogP contribution in [0.25, 0.3) is 0 Å². The summed E-state index contributed by atoms with van der Waals surface area (Å²) >= 11 is 3.13. The molecule has 1 unspecified atom stereocenters. The van der Waals surface area contributed by atoms with Crippen LogP contribution in [0.15, 0.2) is 15.5 Å². The zero-order valence-electron chi connectivity index (χ0n) is 10.7.